The molecule has 1 atom stereocenters. The van der Waals surface area contributed by atoms with Crippen molar-refractivity contribution in [3.05, 3.63) is 59.7 Å². The van der Waals surface area contributed by atoms with Crippen LogP contribution in [0.3, 0.4) is 0 Å². The van der Waals surface area contributed by atoms with Gasteiger partial charge in [0.25, 0.3) is 0 Å². The van der Waals surface area contributed by atoms with Crippen LogP contribution < -0.4 is 5.32 Å². The minimum atomic E-state index is -1.49. The molecule has 25 heavy (non-hydrogen) atoms. The first-order valence-electron chi connectivity index (χ1n) is 8.07. The molecule has 0 spiro atoms. The van der Waals surface area contributed by atoms with Crippen LogP contribution in [0.4, 0.5) is 4.79 Å². The van der Waals surface area contributed by atoms with E-state index >= 15 is 0 Å². The van der Waals surface area contributed by atoms with Crippen LogP contribution in [0.2, 0.25) is 0 Å². The summed E-state index contributed by atoms with van der Waals surface area (Å²) in [6.07, 6.45) is -2.19. The third-order valence-electron chi connectivity index (χ3n) is 4.32. The molecule has 1 amide bonds. The highest BCUT2D eigenvalue weighted by atomic mass is 16.5. The lowest BCUT2D eigenvalue weighted by Crippen LogP contribution is -2.31. The maximum atomic E-state index is 11.8. The molecule has 0 saturated heterocycles. The number of hydrogen-bond acceptors (Lipinski definition) is 4. The molecule has 130 valence electrons. The van der Waals surface area contributed by atoms with Gasteiger partial charge >= 0.3 is 12.1 Å². The van der Waals surface area contributed by atoms with Crippen LogP contribution in [-0.4, -0.2) is 41.5 Å². The summed E-state index contributed by atoms with van der Waals surface area (Å²) in [5, 5.41) is 20.2. The van der Waals surface area contributed by atoms with Gasteiger partial charge in [0.15, 0.2) is 6.10 Å². The van der Waals surface area contributed by atoms with E-state index in [2.05, 4.69) is 17.4 Å². The van der Waals surface area contributed by atoms with Crippen molar-refractivity contribution in [1.29, 1.82) is 0 Å². The molecule has 2 aromatic rings. The first-order chi connectivity index (χ1) is 12.1. The van der Waals surface area contributed by atoms with Gasteiger partial charge in [0, 0.05) is 18.9 Å². The van der Waals surface area contributed by atoms with Crippen molar-refractivity contribution in [2.24, 2.45) is 0 Å². The van der Waals surface area contributed by atoms with Crippen LogP contribution in [0.15, 0.2) is 48.5 Å². The number of aliphatic hydroxyl groups is 1. The molecule has 0 saturated carbocycles. The third-order valence-corrected chi connectivity index (χ3v) is 4.32. The van der Waals surface area contributed by atoms with E-state index < -0.39 is 18.2 Å². The Balaban J connectivity index is 1.60. The van der Waals surface area contributed by atoms with E-state index in [9.17, 15) is 9.59 Å². The zero-order chi connectivity index (χ0) is 17.8. The molecular formula is C19H19NO5. The fourth-order valence-electron chi connectivity index (χ4n) is 3.08. The minimum Gasteiger partial charge on any atom is -0.479 e. The second-order valence-electron chi connectivity index (χ2n) is 5.90. The summed E-state index contributed by atoms with van der Waals surface area (Å²) in [5.74, 6) is -1.34. The average molecular weight is 341 g/mol. The summed E-state index contributed by atoms with van der Waals surface area (Å²) >= 11 is 0. The van der Waals surface area contributed by atoms with Crippen LogP contribution in [0.1, 0.15) is 23.5 Å². The van der Waals surface area contributed by atoms with Gasteiger partial charge in [-0.3, -0.25) is 0 Å². The van der Waals surface area contributed by atoms with Gasteiger partial charge in [-0.1, -0.05) is 48.5 Å². The number of rotatable bonds is 6. The number of hydrogen-bond donors (Lipinski definition) is 3. The molecule has 0 bridgehead atoms. The molecule has 0 unspecified atom stereocenters. The quantitative estimate of drug-likeness (QED) is 0.750. The molecule has 6 nitrogen and oxygen atoms in total. The summed E-state index contributed by atoms with van der Waals surface area (Å²) in [5.41, 5.74) is 4.55. The zero-order valence-electron chi connectivity index (χ0n) is 13.5. The number of carboxylic acid groups (broad SMARTS) is 1. The van der Waals surface area contributed by atoms with E-state index in [1.807, 2.05) is 36.4 Å². The third kappa shape index (κ3) is 3.64. The van der Waals surface area contributed by atoms with Crippen molar-refractivity contribution in [2.45, 2.75) is 18.4 Å². The van der Waals surface area contributed by atoms with E-state index in [1.165, 1.54) is 0 Å². The van der Waals surface area contributed by atoms with Crippen molar-refractivity contribution in [3.8, 4) is 11.1 Å². The molecule has 2 aromatic carbocycles. The van der Waals surface area contributed by atoms with Crippen molar-refractivity contribution in [2.75, 3.05) is 13.2 Å². The van der Waals surface area contributed by atoms with E-state index in [0.717, 1.165) is 22.3 Å². The summed E-state index contributed by atoms with van der Waals surface area (Å²) in [4.78, 5) is 22.3. The lowest BCUT2D eigenvalue weighted by atomic mass is 9.98. The highest BCUT2D eigenvalue weighted by molar-refractivity contribution is 5.79. The van der Waals surface area contributed by atoms with Gasteiger partial charge in [-0.15, -0.1) is 0 Å². The van der Waals surface area contributed by atoms with Gasteiger partial charge in [-0.25, -0.2) is 9.59 Å². The van der Waals surface area contributed by atoms with Crippen LogP contribution >= 0.6 is 0 Å². The van der Waals surface area contributed by atoms with E-state index in [4.69, 9.17) is 14.9 Å². The normalized spacial score (nSPS) is 13.6. The summed E-state index contributed by atoms with van der Waals surface area (Å²) in [6.45, 7) is 0.228. The lowest BCUT2D eigenvalue weighted by Gasteiger charge is -2.14. The molecule has 3 rings (SSSR count). The molecule has 3 N–H and O–H groups in total. The molecule has 0 aromatic heterocycles. The molecular weight excluding hydrogens is 322 g/mol. The fraction of sp³-hybridized carbons (Fsp3) is 0.263. The zero-order valence-corrected chi connectivity index (χ0v) is 13.5. The Morgan fingerprint density at radius 3 is 2.16 bits per heavy atom. The van der Waals surface area contributed by atoms with Gasteiger partial charge < -0.3 is 20.3 Å². The number of ether oxygens (including phenoxy) is 1. The van der Waals surface area contributed by atoms with E-state index in [-0.39, 0.29) is 25.5 Å². The van der Waals surface area contributed by atoms with Crippen molar-refractivity contribution < 1.29 is 24.5 Å². The second kappa shape index (κ2) is 7.36. The summed E-state index contributed by atoms with van der Waals surface area (Å²) < 4.78 is 5.30. The number of carbonyl (C=O) groups is 2. The van der Waals surface area contributed by atoms with Crippen molar-refractivity contribution in [1.82, 2.24) is 5.32 Å². The smallest absolute Gasteiger partial charge is 0.407 e. The average Bonchev–Trinajstić information content (AvgIpc) is 2.94. The number of amides is 1. The molecule has 1 aliphatic rings. The monoisotopic (exact) mass is 341 g/mol. The van der Waals surface area contributed by atoms with Gasteiger partial charge in [-0.05, 0) is 22.3 Å². The van der Waals surface area contributed by atoms with E-state index in [0.29, 0.717) is 0 Å². The largest absolute Gasteiger partial charge is 0.479 e. The van der Waals surface area contributed by atoms with Crippen molar-refractivity contribution in [3.63, 3.8) is 0 Å². The van der Waals surface area contributed by atoms with Crippen LogP contribution in [0, 0.1) is 0 Å². The first kappa shape index (κ1) is 17.0. The Hall–Kier alpha value is -2.86. The number of fused-ring (bicyclic) bond motifs is 3. The summed E-state index contributed by atoms with van der Waals surface area (Å²) in [7, 11) is 0. The van der Waals surface area contributed by atoms with Crippen LogP contribution in [0.25, 0.3) is 11.1 Å². The lowest BCUT2D eigenvalue weighted by molar-refractivity contribution is -0.146. The Morgan fingerprint density at radius 1 is 1.04 bits per heavy atom. The van der Waals surface area contributed by atoms with Crippen LogP contribution in [0.5, 0.6) is 0 Å². The highest BCUT2D eigenvalue weighted by Crippen LogP contribution is 2.44. The number of aliphatic carboxylic acids is 1. The highest BCUT2D eigenvalue weighted by Gasteiger charge is 2.28. The van der Waals surface area contributed by atoms with E-state index in [1.54, 1.807) is 0 Å². The Bertz CT molecular complexity index is 743. The Kier molecular flexibility index (Phi) is 5.00. The molecule has 0 aliphatic heterocycles. The second-order valence-corrected chi connectivity index (χ2v) is 5.90. The maximum absolute atomic E-state index is 11.8. The first-order valence-corrected chi connectivity index (χ1v) is 8.07. The Morgan fingerprint density at radius 2 is 1.60 bits per heavy atom. The number of carbonyl (C=O) groups excluding carboxylic acids is 1. The van der Waals surface area contributed by atoms with Gasteiger partial charge in [0.1, 0.15) is 6.61 Å². The minimum absolute atomic E-state index is 0.0252. The molecule has 0 fully saturated rings. The van der Waals surface area contributed by atoms with Crippen molar-refractivity contribution >= 4 is 12.1 Å². The van der Waals surface area contributed by atoms with Gasteiger partial charge in [0.2, 0.25) is 0 Å². The fourth-order valence-corrected chi connectivity index (χ4v) is 3.08. The number of nitrogens with one attached hydrogen (secondary N) is 1. The maximum Gasteiger partial charge on any atom is 0.407 e. The van der Waals surface area contributed by atoms with Gasteiger partial charge in [-0.2, -0.15) is 0 Å². The SMILES string of the molecule is O=C(NCC[C@H](O)C(=O)O)OCC1c2ccccc2-c2ccccc21. The molecule has 6 heteroatoms. The Labute approximate surface area is 145 Å². The number of benzene rings is 2. The predicted molar refractivity (Wildman–Crippen MR) is 91.3 cm³/mol. The summed E-state index contributed by atoms with van der Waals surface area (Å²) in [6, 6.07) is 16.1. The van der Waals surface area contributed by atoms with Crippen LogP contribution in [-0.2, 0) is 9.53 Å². The molecule has 0 radical (unpaired) electrons. The number of aliphatic hydroxyl groups excluding tert-OH is 1. The van der Waals surface area contributed by atoms with Gasteiger partial charge in [0.05, 0.1) is 0 Å². The molecule has 0 heterocycles. The predicted octanol–water partition coefficient (Wildman–Crippen LogP) is 2.36. The number of alkyl carbamates (subject to hydrolysis) is 1. The standard InChI is InChI=1S/C19H19NO5/c21-17(18(22)23)9-10-20-19(24)25-11-16-14-7-3-1-5-12(14)13-6-2-4-8-15(13)16/h1-8,16-17,21H,9-11H2,(H,20,24)(H,22,23)/t17-/m0/s1. The topological polar surface area (TPSA) is 95.9 Å². The number of carboxylic acids is 1. The molecule has 1 aliphatic carbocycles.